The molecule has 116 valence electrons. The molecule has 2 saturated carbocycles. The van der Waals surface area contributed by atoms with Crippen LogP contribution in [0.3, 0.4) is 0 Å². The van der Waals surface area contributed by atoms with Gasteiger partial charge < -0.3 is 10.6 Å². The van der Waals surface area contributed by atoms with Crippen LogP contribution in [0.1, 0.15) is 65.2 Å². The minimum Gasteiger partial charge on any atom is -0.376 e. The van der Waals surface area contributed by atoms with Crippen molar-refractivity contribution in [3.63, 3.8) is 0 Å². The second-order valence-corrected chi connectivity index (χ2v) is 7.33. The molecule has 0 aromatic carbocycles. The van der Waals surface area contributed by atoms with E-state index in [2.05, 4.69) is 18.7 Å². The molecule has 20 heavy (non-hydrogen) atoms. The largest absolute Gasteiger partial charge is 0.376 e. The molecule has 2 fully saturated rings. The van der Waals surface area contributed by atoms with Crippen LogP contribution in [0.15, 0.2) is 0 Å². The van der Waals surface area contributed by atoms with Gasteiger partial charge in [0.15, 0.2) is 5.11 Å². The Morgan fingerprint density at radius 1 is 1.20 bits per heavy atom. The van der Waals surface area contributed by atoms with Crippen molar-refractivity contribution in [1.29, 1.82) is 0 Å². The highest BCUT2D eigenvalue weighted by Crippen LogP contribution is 2.47. The molecule has 0 aromatic rings. The number of hydrogen-bond donors (Lipinski definition) is 1. The van der Waals surface area contributed by atoms with Crippen molar-refractivity contribution in [1.82, 2.24) is 4.90 Å². The van der Waals surface area contributed by atoms with Crippen LogP contribution in [0, 0.1) is 23.7 Å². The van der Waals surface area contributed by atoms with Crippen LogP contribution in [0.5, 0.6) is 0 Å². The summed E-state index contributed by atoms with van der Waals surface area (Å²) in [5, 5.41) is 0.579. The van der Waals surface area contributed by atoms with E-state index in [-0.39, 0.29) is 0 Å². The molecule has 3 heteroatoms. The fourth-order valence-electron chi connectivity index (χ4n) is 4.63. The minimum absolute atomic E-state index is 0.579. The van der Waals surface area contributed by atoms with E-state index in [9.17, 15) is 0 Å². The smallest absolute Gasteiger partial charge is 0.166 e. The summed E-state index contributed by atoms with van der Waals surface area (Å²) < 4.78 is 0. The first-order valence-electron chi connectivity index (χ1n) is 8.70. The van der Waals surface area contributed by atoms with Gasteiger partial charge >= 0.3 is 0 Å². The summed E-state index contributed by atoms with van der Waals surface area (Å²) in [7, 11) is 0. The Balaban J connectivity index is 1.90. The Morgan fingerprint density at radius 3 is 2.65 bits per heavy atom. The summed E-state index contributed by atoms with van der Waals surface area (Å²) in [6.45, 7) is 6.54. The standard InChI is InChI=1S/C17H32N2S/c1-3-13-8-9-14-6-5-7-15(16(14)12-13)10-11-19(4-2)17(18)20/h13-16H,3-12H2,1-2H3,(H2,18,20). The number of hydrogen-bond acceptors (Lipinski definition) is 1. The molecule has 0 aromatic heterocycles. The van der Waals surface area contributed by atoms with Crippen molar-refractivity contribution in [2.75, 3.05) is 13.1 Å². The van der Waals surface area contributed by atoms with Gasteiger partial charge in [0.1, 0.15) is 0 Å². The lowest BCUT2D eigenvalue weighted by molar-refractivity contribution is 0.0651. The lowest BCUT2D eigenvalue weighted by Gasteiger charge is -2.44. The van der Waals surface area contributed by atoms with Gasteiger partial charge in [0.25, 0.3) is 0 Å². The number of fused-ring (bicyclic) bond motifs is 1. The van der Waals surface area contributed by atoms with E-state index in [1.807, 2.05) is 0 Å². The second-order valence-electron chi connectivity index (χ2n) is 6.91. The molecule has 2 aliphatic carbocycles. The first-order valence-corrected chi connectivity index (χ1v) is 9.10. The van der Waals surface area contributed by atoms with Crippen molar-refractivity contribution in [2.45, 2.75) is 65.2 Å². The van der Waals surface area contributed by atoms with Gasteiger partial charge in [-0.15, -0.1) is 0 Å². The first kappa shape index (κ1) is 16.1. The van der Waals surface area contributed by atoms with E-state index >= 15 is 0 Å². The molecule has 2 aliphatic rings. The predicted octanol–water partition coefficient (Wildman–Crippen LogP) is 4.18. The fraction of sp³-hybridized carbons (Fsp3) is 0.941. The van der Waals surface area contributed by atoms with Gasteiger partial charge in [0.05, 0.1) is 0 Å². The predicted molar refractivity (Wildman–Crippen MR) is 90.6 cm³/mol. The van der Waals surface area contributed by atoms with Gasteiger partial charge in [-0.3, -0.25) is 0 Å². The Bertz CT molecular complexity index is 318. The summed E-state index contributed by atoms with van der Waals surface area (Å²) in [5.41, 5.74) is 5.80. The van der Waals surface area contributed by atoms with Crippen LogP contribution in [-0.2, 0) is 0 Å². The van der Waals surface area contributed by atoms with Crippen LogP contribution in [0.2, 0.25) is 0 Å². The monoisotopic (exact) mass is 296 g/mol. The van der Waals surface area contributed by atoms with Gasteiger partial charge in [-0.1, -0.05) is 39.0 Å². The molecule has 0 radical (unpaired) electrons. The zero-order valence-corrected chi connectivity index (χ0v) is 14.1. The summed E-state index contributed by atoms with van der Waals surface area (Å²) in [5.74, 6) is 3.94. The van der Waals surface area contributed by atoms with Crippen molar-refractivity contribution >= 4 is 17.3 Å². The molecule has 2 nitrogen and oxygen atoms in total. The maximum atomic E-state index is 5.80. The molecule has 0 spiro atoms. The van der Waals surface area contributed by atoms with Crippen molar-refractivity contribution in [2.24, 2.45) is 29.4 Å². The van der Waals surface area contributed by atoms with Crippen LogP contribution in [0.4, 0.5) is 0 Å². The zero-order chi connectivity index (χ0) is 14.5. The highest BCUT2D eigenvalue weighted by Gasteiger charge is 2.37. The third kappa shape index (κ3) is 3.87. The first-order chi connectivity index (χ1) is 9.65. The van der Waals surface area contributed by atoms with Crippen molar-refractivity contribution in [3.05, 3.63) is 0 Å². The molecule has 0 saturated heterocycles. The van der Waals surface area contributed by atoms with E-state index in [0.717, 1.165) is 36.8 Å². The Kier molecular flexibility index (Phi) is 6.13. The van der Waals surface area contributed by atoms with Crippen molar-refractivity contribution in [3.8, 4) is 0 Å². The van der Waals surface area contributed by atoms with Gasteiger partial charge in [0, 0.05) is 13.1 Å². The molecule has 2 rings (SSSR count). The second kappa shape index (κ2) is 7.63. The van der Waals surface area contributed by atoms with E-state index in [4.69, 9.17) is 18.0 Å². The summed E-state index contributed by atoms with van der Waals surface area (Å²) >= 11 is 5.14. The topological polar surface area (TPSA) is 29.3 Å². The van der Waals surface area contributed by atoms with Gasteiger partial charge in [-0.25, -0.2) is 0 Å². The van der Waals surface area contributed by atoms with E-state index < -0.39 is 0 Å². The normalized spacial score (nSPS) is 33.5. The van der Waals surface area contributed by atoms with Crippen LogP contribution in [-0.4, -0.2) is 23.1 Å². The quantitative estimate of drug-likeness (QED) is 0.772. The summed E-state index contributed by atoms with van der Waals surface area (Å²) in [6, 6.07) is 0. The van der Waals surface area contributed by atoms with Crippen LogP contribution < -0.4 is 5.73 Å². The molecule has 2 N–H and O–H groups in total. The highest BCUT2D eigenvalue weighted by molar-refractivity contribution is 7.80. The van der Waals surface area contributed by atoms with Gasteiger partial charge in [-0.2, -0.15) is 0 Å². The van der Waals surface area contributed by atoms with E-state index in [1.54, 1.807) is 0 Å². The van der Waals surface area contributed by atoms with Crippen molar-refractivity contribution < 1.29 is 0 Å². The molecule has 0 bridgehead atoms. The van der Waals surface area contributed by atoms with E-state index in [1.165, 1.54) is 51.4 Å². The fourth-order valence-corrected chi connectivity index (χ4v) is 4.85. The molecule has 0 heterocycles. The Hall–Kier alpha value is -0.310. The average molecular weight is 297 g/mol. The number of nitrogens with two attached hydrogens (primary N) is 1. The lowest BCUT2D eigenvalue weighted by Crippen LogP contribution is -2.39. The molecule has 0 amide bonds. The molecular formula is C17H32N2S. The van der Waals surface area contributed by atoms with Crippen LogP contribution >= 0.6 is 12.2 Å². The number of nitrogens with zero attached hydrogens (tertiary/aromatic N) is 1. The SMILES string of the molecule is CCC1CCC2CCCC(CCN(CC)C(N)=S)C2C1. The number of rotatable bonds is 5. The van der Waals surface area contributed by atoms with Gasteiger partial charge in [-0.05, 0) is 62.1 Å². The summed E-state index contributed by atoms with van der Waals surface area (Å²) in [6.07, 6.45) is 11.5. The average Bonchev–Trinajstić information content (AvgIpc) is 2.47. The van der Waals surface area contributed by atoms with E-state index in [0.29, 0.717) is 5.11 Å². The zero-order valence-electron chi connectivity index (χ0n) is 13.3. The maximum absolute atomic E-state index is 5.80. The Morgan fingerprint density at radius 2 is 2.00 bits per heavy atom. The third-order valence-electron chi connectivity index (χ3n) is 5.95. The molecular weight excluding hydrogens is 264 g/mol. The maximum Gasteiger partial charge on any atom is 0.166 e. The molecule has 0 aliphatic heterocycles. The van der Waals surface area contributed by atoms with Gasteiger partial charge in [0.2, 0.25) is 0 Å². The Labute approximate surface area is 130 Å². The highest BCUT2D eigenvalue weighted by atomic mass is 32.1. The minimum atomic E-state index is 0.579. The molecule has 4 unspecified atom stereocenters. The number of thiocarbonyl (C=S) groups is 1. The molecule has 4 atom stereocenters. The third-order valence-corrected chi connectivity index (χ3v) is 6.21. The summed E-state index contributed by atoms with van der Waals surface area (Å²) in [4.78, 5) is 2.17. The van der Waals surface area contributed by atoms with Crippen LogP contribution in [0.25, 0.3) is 0 Å². The lowest BCUT2D eigenvalue weighted by atomic mass is 9.62.